The van der Waals surface area contributed by atoms with E-state index >= 15 is 0 Å². The molecule has 7 heteroatoms. The van der Waals surface area contributed by atoms with Crippen LogP contribution in [0.15, 0.2) is 42.5 Å². The predicted molar refractivity (Wildman–Crippen MR) is 86.7 cm³/mol. The molecule has 3 rings (SSSR count). The SMILES string of the molecule is CC(=O)N[C@@]1([C@@H](O)c2cc(F)ccc2F)C(=O)N(C)c2ccccc21. The number of anilines is 1. The van der Waals surface area contributed by atoms with Gasteiger partial charge in [-0.3, -0.25) is 9.59 Å². The van der Waals surface area contributed by atoms with Crippen molar-refractivity contribution in [2.45, 2.75) is 18.6 Å². The number of aliphatic hydroxyl groups excluding tert-OH is 1. The Bertz CT molecular complexity index is 871. The molecule has 2 atom stereocenters. The molecule has 2 aromatic carbocycles. The monoisotopic (exact) mass is 346 g/mol. The maximum absolute atomic E-state index is 14.2. The van der Waals surface area contributed by atoms with Crippen LogP contribution in [-0.2, 0) is 15.1 Å². The van der Waals surface area contributed by atoms with Gasteiger partial charge in [0.25, 0.3) is 5.91 Å². The fraction of sp³-hybridized carbons (Fsp3) is 0.222. The number of aliphatic hydroxyl groups is 1. The minimum absolute atomic E-state index is 0.314. The van der Waals surface area contributed by atoms with Gasteiger partial charge in [0.1, 0.15) is 17.7 Å². The van der Waals surface area contributed by atoms with E-state index in [0.29, 0.717) is 11.3 Å². The summed E-state index contributed by atoms with van der Waals surface area (Å²) < 4.78 is 27.8. The van der Waals surface area contributed by atoms with Crippen molar-refractivity contribution in [2.75, 3.05) is 11.9 Å². The van der Waals surface area contributed by atoms with E-state index in [1.165, 1.54) is 18.9 Å². The average molecular weight is 346 g/mol. The molecule has 1 aliphatic heterocycles. The van der Waals surface area contributed by atoms with Gasteiger partial charge < -0.3 is 15.3 Å². The second-order valence-corrected chi connectivity index (χ2v) is 5.94. The first kappa shape index (κ1) is 17.0. The Morgan fingerprint density at radius 2 is 1.92 bits per heavy atom. The molecule has 0 radical (unpaired) electrons. The summed E-state index contributed by atoms with van der Waals surface area (Å²) in [6.07, 6.45) is -1.81. The van der Waals surface area contributed by atoms with Crippen LogP contribution < -0.4 is 10.2 Å². The Kier molecular flexibility index (Phi) is 4.04. The highest BCUT2D eigenvalue weighted by Crippen LogP contribution is 2.47. The van der Waals surface area contributed by atoms with Gasteiger partial charge in [-0.05, 0) is 24.3 Å². The average Bonchev–Trinajstić information content (AvgIpc) is 2.79. The lowest BCUT2D eigenvalue weighted by atomic mass is 9.81. The number of para-hydroxylation sites is 1. The highest BCUT2D eigenvalue weighted by Gasteiger charge is 2.56. The standard InChI is InChI=1S/C18H16F2N2O3/c1-10(23)21-18(16(24)12-9-11(19)7-8-14(12)20)13-5-3-4-6-15(13)22(2)17(18)25/h3-9,16,24H,1-2H3,(H,21,23)/t16-,18-/m0/s1. The summed E-state index contributed by atoms with van der Waals surface area (Å²) in [4.78, 5) is 26.0. The van der Waals surface area contributed by atoms with Crippen molar-refractivity contribution in [3.8, 4) is 0 Å². The summed E-state index contributed by atoms with van der Waals surface area (Å²) in [6.45, 7) is 1.19. The van der Waals surface area contributed by atoms with Crippen LogP contribution in [0.4, 0.5) is 14.5 Å². The van der Waals surface area contributed by atoms with Crippen molar-refractivity contribution in [3.05, 3.63) is 65.2 Å². The van der Waals surface area contributed by atoms with Crippen LogP contribution in [0.2, 0.25) is 0 Å². The molecular formula is C18H16F2N2O3. The van der Waals surface area contributed by atoms with E-state index in [1.807, 2.05) is 0 Å². The fourth-order valence-electron chi connectivity index (χ4n) is 3.28. The first-order valence-corrected chi connectivity index (χ1v) is 7.58. The zero-order valence-electron chi connectivity index (χ0n) is 13.6. The Balaban J connectivity index is 2.26. The van der Waals surface area contributed by atoms with E-state index in [0.717, 1.165) is 18.2 Å². The smallest absolute Gasteiger partial charge is 0.260 e. The third-order valence-electron chi connectivity index (χ3n) is 4.37. The number of nitrogens with one attached hydrogen (secondary N) is 1. The molecule has 1 aliphatic rings. The number of amides is 2. The second-order valence-electron chi connectivity index (χ2n) is 5.94. The third-order valence-corrected chi connectivity index (χ3v) is 4.37. The molecule has 2 N–H and O–H groups in total. The van der Waals surface area contributed by atoms with Gasteiger partial charge in [-0.1, -0.05) is 18.2 Å². The molecule has 0 aromatic heterocycles. The normalized spacial score (nSPS) is 20.4. The molecule has 2 aromatic rings. The van der Waals surface area contributed by atoms with E-state index in [1.54, 1.807) is 24.3 Å². The second kappa shape index (κ2) is 5.93. The first-order valence-electron chi connectivity index (χ1n) is 7.58. The molecule has 0 saturated heterocycles. The Morgan fingerprint density at radius 1 is 1.24 bits per heavy atom. The van der Waals surface area contributed by atoms with Crippen molar-refractivity contribution in [1.29, 1.82) is 0 Å². The fourth-order valence-corrected chi connectivity index (χ4v) is 3.28. The van der Waals surface area contributed by atoms with Crippen LogP contribution in [0.25, 0.3) is 0 Å². The van der Waals surface area contributed by atoms with Gasteiger partial charge in [-0.15, -0.1) is 0 Å². The van der Waals surface area contributed by atoms with Crippen LogP contribution in [-0.4, -0.2) is 24.0 Å². The zero-order valence-corrected chi connectivity index (χ0v) is 13.6. The van der Waals surface area contributed by atoms with Gasteiger partial charge in [-0.25, -0.2) is 8.78 Å². The van der Waals surface area contributed by atoms with Gasteiger partial charge in [-0.2, -0.15) is 0 Å². The van der Waals surface area contributed by atoms with E-state index in [9.17, 15) is 23.5 Å². The molecular weight excluding hydrogens is 330 g/mol. The van der Waals surface area contributed by atoms with Crippen LogP contribution in [0.5, 0.6) is 0 Å². The van der Waals surface area contributed by atoms with E-state index in [-0.39, 0.29) is 0 Å². The molecule has 0 spiro atoms. The molecule has 2 amide bonds. The summed E-state index contributed by atoms with van der Waals surface area (Å²) in [5, 5.41) is 13.4. The van der Waals surface area contributed by atoms with Crippen molar-refractivity contribution < 1.29 is 23.5 Å². The lowest BCUT2D eigenvalue weighted by molar-refractivity contribution is -0.135. The lowest BCUT2D eigenvalue weighted by Gasteiger charge is -2.34. The maximum Gasteiger partial charge on any atom is 0.260 e. The van der Waals surface area contributed by atoms with Crippen LogP contribution in [0.1, 0.15) is 24.2 Å². The molecule has 25 heavy (non-hydrogen) atoms. The quantitative estimate of drug-likeness (QED) is 0.893. The number of hydrogen-bond acceptors (Lipinski definition) is 3. The van der Waals surface area contributed by atoms with Crippen LogP contribution in [0, 0.1) is 11.6 Å². The first-order chi connectivity index (χ1) is 11.8. The molecule has 130 valence electrons. The predicted octanol–water partition coefficient (Wildman–Crippen LogP) is 2.01. The minimum Gasteiger partial charge on any atom is -0.385 e. The number of carbonyl (C=O) groups is 2. The van der Waals surface area contributed by atoms with Crippen molar-refractivity contribution in [3.63, 3.8) is 0 Å². The van der Waals surface area contributed by atoms with Crippen molar-refractivity contribution in [1.82, 2.24) is 5.32 Å². The third kappa shape index (κ3) is 2.47. The Morgan fingerprint density at radius 3 is 2.60 bits per heavy atom. The number of nitrogens with zero attached hydrogens (tertiary/aromatic N) is 1. The van der Waals surface area contributed by atoms with Gasteiger partial charge in [0.15, 0.2) is 5.54 Å². The summed E-state index contributed by atoms with van der Waals surface area (Å²) in [7, 11) is 1.49. The summed E-state index contributed by atoms with van der Waals surface area (Å²) in [5.74, 6) is -2.87. The van der Waals surface area contributed by atoms with E-state index < -0.39 is 40.7 Å². The molecule has 0 unspecified atom stereocenters. The number of likely N-dealkylation sites (N-methyl/N-ethyl adjacent to an activating group) is 1. The molecule has 0 fully saturated rings. The Hall–Kier alpha value is -2.80. The van der Waals surface area contributed by atoms with Crippen LogP contribution >= 0.6 is 0 Å². The molecule has 0 saturated carbocycles. The largest absolute Gasteiger partial charge is 0.385 e. The summed E-state index contributed by atoms with van der Waals surface area (Å²) >= 11 is 0. The molecule has 1 heterocycles. The zero-order chi connectivity index (χ0) is 18.4. The van der Waals surface area contributed by atoms with E-state index in [2.05, 4.69) is 5.32 Å². The lowest BCUT2D eigenvalue weighted by Crippen LogP contribution is -2.55. The highest BCUT2D eigenvalue weighted by atomic mass is 19.1. The highest BCUT2D eigenvalue weighted by molar-refractivity contribution is 6.09. The maximum atomic E-state index is 14.2. The molecule has 0 aliphatic carbocycles. The topological polar surface area (TPSA) is 69.6 Å². The number of halogens is 2. The van der Waals surface area contributed by atoms with Gasteiger partial charge in [0.2, 0.25) is 5.91 Å². The summed E-state index contributed by atoms with van der Waals surface area (Å²) in [6, 6.07) is 9.13. The number of rotatable bonds is 3. The Labute approximate surface area is 142 Å². The van der Waals surface area contributed by atoms with Gasteiger partial charge >= 0.3 is 0 Å². The molecule has 0 bridgehead atoms. The van der Waals surface area contributed by atoms with Gasteiger partial charge in [0, 0.05) is 30.8 Å². The number of fused-ring (bicyclic) bond motifs is 1. The number of carbonyl (C=O) groups excluding carboxylic acids is 2. The minimum atomic E-state index is -1.94. The van der Waals surface area contributed by atoms with E-state index in [4.69, 9.17) is 0 Å². The van der Waals surface area contributed by atoms with Crippen LogP contribution in [0.3, 0.4) is 0 Å². The van der Waals surface area contributed by atoms with Gasteiger partial charge in [0.05, 0.1) is 0 Å². The molecule has 5 nitrogen and oxygen atoms in total. The number of benzene rings is 2. The number of hydrogen-bond donors (Lipinski definition) is 2. The van der Waals surface area contributed by atoms with Crippen molar-refractivity contribution >= 4 is 17.5 Å². The summed E-state index contributed by atoms with van der Waals surface area (Å²) in [5.41, 5.74) is -1.57. The van der Waals surface area contributed by atoms with Crippen molar-refractivity contribution in [2.24, 2.45) is 0 Å².